The molecule has 0 radical (unpaired) electrons. The first-order valence-corrected chi connectivity index (χ1v) is 11.6. The number of aliphatic hydroxyl groups excluding tert-OH is 1. The second-order valence-electron chi connectivity index (χ2n) is 9.34. The minimum Gasteiger partial charge on any atom is -0.382 e. The van der Waals surface area contributed by atoms with Crippen molar-refractivity contribution in [3.05, 3.63) is 106 Å². The van der Waals surface area contributed by atoms with E-state index in [-0.39, 0.29) is 16.7 Å². The average Bonchev–Trinajstić information content (AvgIpc) is 3.16. The van der Waals surface area contributed by atoms with E-state index in [9.17, 15) is 29.7 Å². The lowest BCUT2D eigenvalue weighted by Gasteiger charge is -2.30. The maximum absolute atomic E-state index is 13.7. The van der Waals surface area contributed by atoms with Crippen molar-refractivity contribution < 1.29 is 34.4 Å². The summed E-state index contributed by atoms with van der Waals surface area (Å²) in [6, 6.07) is 19.5. The molecule has 1 saturated heterocycles. The minimum absolute atomic E-state index is 0.122. The molecule has 2 unspecified atom stereocenters. The van der Waals surface area contributed by atoms with E-state index in [0.29, 0.717) is 16.7 Å². The molecule has 0 bridgehead atoms. The van der Waals surface area contributed by atoms with Crippen LogP contribution in [-0.4, -0.2) is 56.3 Å². The van der Waals surface area contributed by atoms with Crippen LogP contribution >= 0.6 is 0 Å². The van der Waals surface area contributed by atoms with Crippen molar-refractivity contribution in [1.29, 1.82) is 0 Å². The Morgan fingerprint density at radius 2 is 1.17 bits per heavy atom. The van der Waals surface area contributed by atoms with Crippen LogP contribution in [0.15, 0.2) is 72.8 Å². The summed E-state index contributed by atoms with van der Waals surface area (Å²) in [6.07, 6.45) is -4.80. The molecule has 1 aliphatic rings. The number of aryl methyl sites for hydroxylation is 3. The molecular weight excluding hydrogens is 460 g/mol. The number of benzene rings is 3. The van der Waals surface area contributed by atoms with E-state index in [2.05, 4.69) is 0 Å². The summed E-state index contributed by atoms with van der Waals surface area (Å²) in [7, 11) is 0. The predicted molar refractivity (Wildman–Crippen MR) is 132 cm³/mol. The number of carbonyl (C=O) groups excluding carboxylic acids is 3. The van der Waals surface area contributed by atoms with Gasteiger partial charge in [0, 0.05) is 23.1 Å². The van der Waals surface area contributed by atoms with Gasteiger partial charge in [-0.2, -0.15) is 0 Å². The predicted octanol–water partition coefficient (Wildman–Crippen LogP) is 3.13. The number of ketones is 3. The number of rotatable bonds is 7. The summed E-state index contributed by atoms with van der Waals surface area (Å²) >= 11 is 0. The van der Waals surface area contributed by atoms with E-state index >= 15 is 0 Å². The summed E-state index contributed by atoms with van der Waals surface area (Å²) in [5.74, 6) is -5.20. The zero-order valence-corrected chi connectivity index (χ0v) is 20.3. The van der Waals surface area contributed by atoms with Crippen molar-refractivity contribution in [3.63, 3.8) is 0 Å². The third-order valence-corrected chi connectivity index (χ3v) is 6.80. The highest BCUT2D eigenvalue weighted by Gasteiger charge is 2.65. The van der Waals surface area contributed by atoms with E-state index in [1.54, 1.807) is 75.4 Å². The highest BCUT2D eigenvalue weighted by Crippen LogP contribution is 2.43. The smallest absolute Gasteiger partial charge is 0.235 e. The summed E-state index contributed by atoms with van der Waals surface area (Å²) < 4.78 is 5.63. The maximum atomic E-state index is 13.7. The fourth-order valence-electron chi connectivity index (χ4n) is 4.73. The quantitative estimate of drug-likeness (QED) is 0.437. The molecule has 0 spiro atoms. The Kier molecular flexibility index (Phi) is 6.77. The molecule has 0 amide bonds. The van der Waals surface area contributed by atoms with Crippen molar-refractivity contribution in [3.8, 4) is 0 Å². The molecule has 1 fully saturated rings. The van der Waals surface area contributed by atoms with Crippen LogP contribution in [0.3, 0.4) is 0 Å². The van der Waals surface area contributed by atoms with Crippen molar-refractivity contribution >= 4 is 17.3 Å². The lowest BCUT2D eigenvalue weighted by molar-refractivity contribution is -0.174. The van der Waals surface area contributed by atoms with Crippen molar-refractivity contribution in [2.45, 2.75) is 50.8 Å². The van der Waals surface area contributed by atoms with Gasteiger partial charge in [-0.1, -0.05) is 72.8 Å². The number of hydrogen-bond acceptors (Lipinski definition) is 7. The van der Waals surface area contributed by atoms with E-state index in [1.165, 1.54) is 18.2 Å². The van der Waals surface area contributed by atoms with Gasteiger partial charge in [0.2, 0.25) is 11.6 Å². The number of ether oxygens (including phenoxy) is 1. The molecule has 1 heterocycles. The van der Waals surface area contributed by atoms with Gasteiger partial charge < -0.3 is 20.1 Å². The van der Waals surface area contributed by atoms with E-state index in [0.717, 1.165) is 0 Å². The summed E-state index contributed by atoms with van der Waals surface area (Å²) in [5, 5.41) is 34.2. The molecule has 7 nitrogen and oxygen atoms in total. The molecule has 0 aromatic heterocycles. The fraction of sp³-hybridized carbons (Fsp3) is 0.276. The van der Waals surface area contributed by atoms with Crippen molar-refractivity contribution in [2.24, 2.45) is 0 Å². The zero-order chi connectivity index (χ0) is 26.3. The molecule has 4 atom stereocenters. The summed E-state index contributed by atoms with van der Waals surface area (Å²) in [5.41, 5.74) is -0.498. The van der Waals surface area contributed by atoms with Crippen LogP contribution in [0, 0.1) is 20.8 Å². The standard InChI is InChI=1S/C29H28O7/c1-17-10-4-7-13-20(17)23(30)24(31)27-28(34,25(32)21-14-8-5-11-18(21)2)16-29(35,36-27)26(33)22-15-9-6-12-19(22)3/h4-15,24,27,31,34-35H,16H2,1-3H3/t24?,27-,28-,29?/m1/s1. The number of Topliss-reactive ketones (excluding diaryl/α,β-unsaturated/α-hetero) is 3. The van der Waals surface area contributed by atoms with Crippen molar-refractivity contribution in [2.75, 3.05) is 0 Å². The van der Waals surface area contributed by atoms with Crippen molar-refractivity contribution in [1.82, 2.24) is 0 Å². The highest BCUT2D eigenvalue weighted by atomic mass is 16.7. The topological polar surface area (TPSA) is 121 Å². The van der Waals surface area contributed by atoms with Crippen LogP contribution in [0.5, 0.6) is 0 Å². The zero-order valence-electron chi connectivity index (χ0n) is 20.3. The van der Waals surface area contributed by atoms with Gasteiger partial charge in [0.15, 0.2) is 17.2 Å². The Balaban J connectivity index is 1.80. The Morgan fingerprint density at radius 1 is 0.750 bits per heavy atom. The van der Waals surface area contributed by atoms with Gasteiger partial charge in [0.25, 0.3) is 0 Å². The third kappa shape index (κ3) is 4.31. The van der Waals surface area contributed by atoms with Crippen LogP contribution in [-0.2, 0) is 4.74 Å². The van der Waals surface area contributed by atoms with Crippen LogP contribution < -0.4 is 0 Å². The summed E-state index contributed by atoms with van der Waals surface area (Å²) in [6.45, 7) is 5.02. The third-order valence-electron chi connectivity index (χ3n) is 6.80. The molecular formula is C29H28O7. The average molecular weight is 489 g/mol. The van der Waals surface area contributed by atoms with Gasteiger partial charge in [0.05, 0.1) is 0 Å². The first-order valence-electron chi connectivity index (χ1n) is 11.6. The number of hydrogen-bond donors (Lipinski definition) is 3. The molecule has 7 heteroatoms. The fourth-order valence-corrected chi connectivity index (χ4v) is 4.73. The first kappa shape index (κ1) is 25.6. The number of aliphatic hydroxyl groups is 3. The van der Waals surface area contributed by atoms with Crippen LogP contribution in [0.25, 0.3) is 0 Å². The molecule has 186 valence electrons. The monoisotopic (exact) mass is 488 g/mol. The molecule has 36 heavy (non-hydrogen) atoms. The van der Waals surface area contributed by atoms with Crippen LogP contribution in [0.1, 0.15) is 54.2 Å². The highest BCUT2D eigenvalue weighted by molar-refractivity contribution is 6.09. The second kappa shape index (κ2) is 9.52. The lowest BCUT2D eigenvalue weighted by Crippen LogP contribution is -2.54. The maximum Gasteiger partial charge on any atom is 0.235 e. The molecule has 0 aliphatic carbocycles. The molecule has 1 aliphatic heterocycles. The lowest BCUT2D eigenvalue weighted by atomic mass is 9.79. The van der Waals surface area contributed by atoms with Gasteiger partial charge >= 0.3 is 0 Å². The SMILES string of the molecule is Cc1ccccc1C(=O)C(O)[C@H]1OC(O)(C(=O)c2ccccc2C)C[C@@]1(O)C(=O)c1ccccc1C. The van der Waals surface area contributed by atoms with E-state index in [1.807, 2.05) is 0 Å². The van der Waals surface area contributed by atoms with Gasteiger partial charge in [-0.05, 0) is 37.5 Å². The Hall–Kier alpha value is -3.49. The van der Waals surface area contributed by atoms with Gasteiger partial charge in [-0.15, -0.1) is 0 Å². The minimum atomic E-state index is -2.66. The van der Waals surface area contributed by atoms with Crippen LogP contribution in [0.4, 0.5) is 0 Å². The molecule has 3 aromatic carbocycles. The Morgan fingerprint density at radius 3 is 1.64 bits per heavy atom. The summed E-state index contributed by atoms with van der Waals surface area (Å²) in [4.78, 5) is 40.3. The van der Waals surface area contributed by atoms with Gasteiger partial charge in [-0.25, -0.2) is 0 Å². The van der Waals surface area contributed by atoms with Crippen LogP contribution in [0.2, 0.25) is 0 Å². The normalized spacial score (nSPS) is 24.3. The van der Waals surface area contributed by atoms with Gasteiger partial charge in [-0.3, -0.25) is 14.4 Å². The molecule has 4 rings (SSSR count). The molecule has 0 saturated carbocycles. The Bertz CT molecular complexity index is 1350. The van der Waals surface area contributed by atoms with E-state index < -0.39 is 47.4 Å². The largest absolute Gasteiger partial charge is 0.382 e. The van der Waals surface area contributed by atoms with Gasteiger partial charge in [0.1, 0.15) is 12.2 Å². The Labute approximate surface area is 209 Å². The molecule has 3 N–H and O–H groups in total. The number of carbonyl (C=O) groups is 3. The first-order chi connectivity index (χ1) is 17.0. The molecule has 3 aromatic rings. The second-order valence-corrected chi connectivity index (χ2v) is 9.34. The van der Waals surface area contributed by atoms with E-state index in [4.69, 9.17) is 4.74 Å².